The largest absolute Gasteiger partial charge is 0.463 e. The van der Waals surface area contributed by atoms with Crippen LogP contribution in [0.3, 0.4) is 0 Å². The van der Waals surface area contributed by atoms with Crippen molar-refractivity contribution in [1.82, 2.24) is 0 Å². The lowest BCUT2D eigenvalue weighted by Gasteiger charge is -2.14. The molecule has 0 aromatic rings. The summed E-state index contributed by atoms with van der Waals surface area (Å²) in [5, 5.41) is 9.16. The van der Waals surface area contributed by atoms with Gasteiger partial charge in [0, 0.05) is 11.7 Å². The Balaban J connectivity index is 3.86. The van der Waals surface area contributed by atoms with Crippen molar-refractivity contribution in [2.75, 3.05) is 12.4 Å². The Morgan fingerprint density at radius 2 is 1.82 bits per heavy atom. The van der Waals surface area contributed by atoms with Crippen molar-refractivity contribution in [1.29, 1.82) is 0 Å². The number of nitrogens with two attached hydrogens (primary N) is 1. The second-order valence-corrected chi connectivity index (χ2v) is 4.61. The first-order valence-electron chi connectivity index (χ1n) is 5.63. The summed E-state index contributed by atoms with van der Waals surface area (Å²) < 4.78 is 4.90. The Morgan fingerprint density at radius 3 is 2.29 bits per heavy atom. The van der Waals surface area contributed by atoms with Crippen LogP contribution < -0.4 is 5.73 Å². The minimum absolute atomic E-state index is 0.0436. The van der Waals surface area contributed by atoms with E-state index in [0.29, 0.717) is 12.8 Å². The monoisotopic (exact) mass is 263 g/mol. The van der Waals surface area contributed by atoms with Gasteiger partial charge in [-0.05, 0) is 12.8 Å². The number of aliphatic hydroxyl groups is 1. The normalized spacial score (nSPS) is 16.0. The molecule has 3 unspecified atom stereocenters. The van der Waals surface area contributed by atoms with Crippen LogP contribution in [0.2, 0.25) is 0 Å². The van der Waals surface area contributed by atoms with Crippen molar-refractivity contribution in [2.24, 2.45) is 17.6 Å². The summed E-state index contributed by atoms with van der Waals surface area (Å²) in [7, 11) is 0. The van der Waals surface area contributed by atoms with Gasteiger partial charge in [-0.2, -0.15) is 12.6 Å². The number of rotatable bonds is 8. The van der Waals surface area contributed by atoms with Crippen LogP contribution in [0.25, 0.3) is 0 Å². The summed E-state index contributed by atoms with van der Waals surface area (Å²) in [6, 6.07) is 0. The Bertz CT molecular complexity index is 260. The van der Waals surface area contributed by atoms with Gasteiger partial charge in [-0.1, -0.05) is 13.8 Å². The van der Waals surface area contributed by atoms with Gasteiger partial charge in [0.05, 0.1) is 12.0 Å². The number of hydrogen-bond donors (Lipinski definition) is 3. The molecular weight excluding hydrogens is 242 g/mol. The number of ether oxygens (including phenoxy) is 1. The molecular formula is C11H21NO4S. The lowest BCUT2D eigenvalue weighted by Crippen LogP contribution is -2.25. The lowest BCUT2D eigenvalue weighted by atomic mass is 9.98. The summed E-state index contributed by atoms with van der Waals surface area (Å²) in [6.07, 6.45) is 0.361. The molecule has 0 aromatic heterocycles. The number of aliphatic hydroxyl groups excluding tert-OH is 1. The summed E-state index contributed by atoms with van der Waals surface area (Å²) in [5.74, 6) is -1.03. The van der Waals surface area contributed by atoms with Gasteiger partial charge in [0.1, 0.15) is 6.61 Å². The van der Waals surface area contributed by atoms with Crippen molar-refractivity contribution in [2.45, 2.75) is 32.8 Å². The lowest BCUT2D eigenvalue weighted by molar-refractivity contribution is -0.151. The maximum Gasteiger partial charge on any atom is 0.308 e. The predicted octanol–water partition coefficient (Wildman–Crippen LogP) is 0.358. The number of primary amides is 1. The zero-order chi connectivity index (χ0) is 13.4. The van der Waals surface area contributed by atoms with Crippen LogP contribution in [0.5, 0.6) is 0 Å². The molecule has 0 bridgehead atoms. The van der Waals surface area contributed by atoms with Crippen molar-refractivity contribution >= 4 is 24.5 Å². The van der Waals surface area contributed by atoms with Gasteiger partial charge in [-0.3, -0.25) is 9.59 Å². The smallest absolute Gasteiger partial charge is 0.308 e. The van der Waals surface area contributed by atoms with Crippen LogP contribution >= 0.6 is 12.6 Å². The van der Waals surface area contributed by atoms with E-state index in [2.05, 4.69) is 12.6 Å². The third kappa shape index (κ3) is 7.23. The fourth-order valence-corrected chi connectivity index (χ4v) is 1.24. The van der Waals surface area contributed by atoms with Crippen molar-refractivity contribution in [3.63, 3.8) is 0 Å². The van der Waals surface area contributed by atoms with E-state index in [1.807, 2.05) is 0 Å². The zero-order valence-electron chi connectivity index (χ0n) is 10.3. The van der Waals surface area contributed by atoms with Crippen molar-refractivity contribution in [3.8, 4) is 0 Å². The van der Waals surface area contributed by atoms with Gasteiger partial charge in [-0.15, -0.1) is 0 Å². The summed E-state index contributed by atoms with van der Waals surface area (Å²) in [5.41, 5.74) is 5.12. The molecule has 0 aliphatic rings. The van der Waals surface area contributed by atoms with Crippen LogP contribution in [-0.2, 0) is 14.3 Å². The van der Waals surface area contributed by atoms with Gasteiger partial charge >= 0.3 is 5.97 Å². The van der Waals surface area contributed by atoms with Crippen LogP contribution in [0.15, 0.2) is 0 Å². The van der Waals surface area contributed by atoms with Gasteiger partial charge < -0.3 is 15.6 Å². The number of carbonyl (C=O) groups excluding carboxylic acids is 2. The van der Waals surface area contributed by atoms with E-state index in [0.717, 1.165) is 0 Å². The fourth-order valence-electron chi connectivity index (χ4n) is 1.13. The number of hydrogen-bond acceptors (Lipinski definition) is 5. The van der Waals surface area contributed by atoms with Crippen LogP contribution in [0.4, 0.5) is 0 Å². The van der Waals surface area contributed by atoms with E-state index in [1.54, 1.807) is 13.8 Å². The number of esters is 1. The molecule has 1 amide bonds. The van der Waals surface area contributed by atoms with Gasteiger partial charge in [0.25, 0.3) is 0 Å². The fraction of sp³-hybridized carbons (Fsp3) is 0.818. The summed E-state index contributed by atoms with van der Waals surface area (Å²) >= 11 is 3.87. The number of amides is 1. The number of thiol groups is 1. The minimum Gasteiger partial charge on any atom is -0.463 e. The molecule has 6 heteroatoms. The molecule has 0 spiro atoms. The average Bonchev–Trinajstić information content (AvgIpc) is 2.31. The number of carbonyl (C=O) groups is 2. The first-order chi connectivity index (χ1) is 7.88. The maximum absolute atomic E-state index is 11.5. The molecule has 0 fully saturated rings. The molecule has 0 aliphatic heterocycles. The standard InChI is InChI=1S/C11H21NO4S/c1-7(10(12)14)3-4-8(2)11(15)16-5-9(13)6-17/h7-9,13,17H,3-6H2,1-2H3,(H2,12,14). The second-order valence-electron chi connectivity index (χ2n) is 4.25. The van der Waals surface area contributed by atoms with E-state index >= 15 is 0 Å². The molecule has 100 valence electrons. The first kappa shape index (κ1) is 16.2. The maximum atomic E-state index is 11.5. The highest BCUT2D eigenvalue weighted by molar-refractivity contribution is 7.80. The second kappa shape index (κ2) is 8.36. The molecule has 0 rings (SSSR count). The molecule has 3 N–H and O–H groups in total. The van der Waals surface area contributed by atoms with Gasteiger partial charge in [0.15, 0.2) is 0 Å². The zero-order valence-corrected chi connectivity index (χ0v) is 11.2. The Labute approximate surface area is 107 Å². The molecule has 3 atom stereocenters. The topological polar surface area (TPSA) is 89.6 Å². The highest BCUT2D eigenvalue weighted by atomic mass is 32.1. The summed E-state index contributed by atoms with van der Waals surface area (Å²) in [6.45, 7) is 3.41. The Kier molecular flexibility index (Phi) is 7.99. The minimum atomic E-state index is -0.737. The van der Waals surface area contributed by atoms with Crippen LogP contribution in [0.1, 0.15) is 26.7 Å². The van der Waals surface area contributed by atoms with Gasteiger partial charge in [0.2, 0.25) is 5.91 Å². The molecule has 0 radical (unpaired) electrons. The summed E-state index contributed by atoms with van der Waals surface area (Å²) in [4.78, 5) is 22.3. The third-order valence-electron chi connectivity index (χ3n) is 2.55. The third-order valence-corrected chi connectivity index (χ3v) is 2.97. The first-order valence-corrected chi connectivity index (χ1v) is 6.26. The molecule has 17 heavy (non-hydrogen) atoms. The highest BCUT2D eigenvalue weighted by Crippen LogP contribution is 2.13. The van der Waals surface area contributed by atoms with Gasteiger partial charge in [-0.25, -0.2) is 0 Å². The van der Waals surface area contributed by atoms with Crippen molar-refractivity contribution < 1.29 is 19.4 Å². The SMILES string of the molecule is CC(CCC(C)C(=O)OCC(O)CS)C(N)=O. The van der Waals surface area contributed by atoms with Crippen LogP contribution in [-0.4, -0.2) is 35.4 Å². The van der Waals surface area contributed by atoms with Crippen LogP contribution in [0, 0.1) is 11.8 Å². The predicted molar refractivity (Wildman–Crippen MR) is 67.6 cm³/mol. The average molecular weight is 263 g/mol. The Morgan fingerprint density at radius 1 is 1.29 bits per heavy atom. The van der Waals surface area contributed by atoms with E-state index in [-0.39, 0.29) is 36.1 Å². The molecule has 0 aromatic carbocycles. The van der Waals surface area contributed by atoms with E-state index in [1.165, 1.54) is 0 Å². The highest BCUT2D eigenvalue weighted by Gasteiger charge is 2.18. The van der Waals surface area contributed by atoms with E-state index in [4.69, 9.17) is 15.6 Å². The molecule has 0 saturated heterocycles. The van der Waals surface area contributed by atoms with E-state index in [9.17, 15) is 9.59 Å². The molecule has 0 saturated carbocycles. The molecule has 5 nitrogen and oxygen atoms in total. The quantitative estimate of drug-likeness (QED) is 0.435. The molecule has 0 heterocycles. The van der Waals surface area contributed by atoms with E-state index < -0.39 is 6.10 Å². The Hall–Kier alpha value is -0.750. The molecule has 0 aliphatic carbocycles. The van der Waals surface area contributed by atoms with Crippen molar-refractivity contribution in [3.05, 3.63) is 0 Å².